The first-order valence-corrected chi connectivity index (χ1v) is 7.43. The second-order valence-electron chi connectivity index (χ2n) is 5.28. The Bertz CT molecular complexity index is 710. The molecule has 4 nitrogen and oxygen atoms in total. The Labute approximate surface area is 129 Å². The lowest BCUT2D eigenvalue weighted by Crippen LogP contribution is -2.26. The molecule has 112 valence electrons. The average Bonchev–Trinajstić information content (AvgIpc) is 3.00. The number of hydrogen-bond donors (Lipinski definition) is 1. The fourth-order valence-corrected chi connectivity index (χ4v) is 2.72. The Kier molecular flexibility index (Phi) is 3.92. The van der Waals surface area contributed by atoms with Crippen LogP contribution in [0.2, 0.25) is 0 Å². The van der Waals surface area contributed by atoms with Crippen LogP contribution in [0.3, 0.4) is 0 Å². The smallest absolute Gasteiger partial charge is 0.242 e. The predicted octanol–water partition coefficient (Wildman–Crippen LogP) is 3.48. The van der Waals surface area contributed by atoms with E-state index in [1.165, 1.54) is 5.01 Å². The number of carbonyl (C=O) groups excluding carboxylic acids is 1. The molecule has 1 amide bonds. The molecule has 0 saturated heterocycles. The molecule has 0 bridgehead atoms. The summed E-state index contributed by atoms with van der Waals surface area (Å²) in [5, 5.41) is 16.1. The molecular formula is C18H18N2O2. The zero-order chi connectivity index (χ0) is 15.5. The summed E-state index contributed by atoms with van der Waals surface area (Å²) in [6, 6.07) is 16.7. The summed E-state index contributed by atoms with van der Waals surface area (Å²) in [5.41, 5.74) is 2.61. The third kappa shape index (κ3) is 2.60. The molecule has 1 N–H and O–H groups in total. The number of phenolic OH excluding ortho intramolecular Hbond substituents is 1. The number of para-hydroxylation sites is 1. The van der Waals surface area contributed by atoms with Crippen LogP contribution in [-0.2, 0) is 4.79 Å². The minimum absolute atomic E-state index is 0.0424. The van der Waals surface area contributed by atoms with E-state index in [0.29, 0.717) is 12.8 Å². The number of benzene rings is 2. The fraction of sp³-hybridized carbons (Fsp3) is 0.222. The Morgan fingerprint density at radius 1 is 1.18 bits per heavy atom. The summed E-state index contributed by atoms with van der Waals surface area (Å²) in [5.74, 6) is 0.157. The van der Waals surface area contributed by atoms with Crippen LogP contribution in [0.5, 0.6) is 5.75 Å². The molecule has 4 heteroatoms. The third-order valence-electron chi connectivity index (χ3n) is 3.87. The number of phenols is 1. The van der Waals surface area contributed by atoms with E-state index in [1.807, 2.05) is 49.4 Å². The molecule has 1 aliphatic rings. The largest absolute Gasteiger partial charge is 0.508 e. The SMILES string of the molecule is CCC(=O)N1N=C(c2ccccc2)C[C@H]1c1ccccc1O. The molecule has 2 aromatic rings. The maximum absolute atomic E-state index is 12.2. The van der Waals surface area contributed by atoms with Crippen LogP contribution in [0.25, 0.3) is 0 Å². The highest BCUT2D eigenvalue weighted by molar-refractivity contribution is 6.03. The Morgan fingerprint density at radius 3 is 2.55 bits per heavy atom. The van der Waals surface area contributed by atoms with Crippen molar-refractivity contribution >= 4 is 11.6 Å². The van der Waals surface area contributed by atoms with Crippen molar-refractivity contribution in [2.24, 2.45) is 5.10 Å². The van der Waals surface area contributed by atoms with Crippen molar-refractivity contribution in [3.8, 4) is 5.75 Å². The highest BCUT2D eigenvalue weighted by Gasteiger charge is 2.33. The zero-order valence-electron chi connectivity index (χ0n) is 12.4. The van der Waals surface area contributed by atoms with Crippen molar-refractivity contribution in [3.05, 3.63) is 65.7 Å². The molecule has 0 radical (unpaired) electrons. The highest BCUT2D eigenvalue weighted by atomic mass is 16.3. The van der Waals surface area contributed by atoms with Gasteiger partial charge in [0.1, 0.15) is 5.75 Å². The number of hydrogen-bond acceptors (Lipinski definition) is 3. The quantitative estimate of drug-likeness (QED) is 0.942. The van der Waals surface area contributed by atoms with Gasteiger partial charge in [0.05, 0.1) is 11.8 Å². The number of amides is 1. The third-order valence-corrected chi connectivity index (χ3v) is 3.87. The first kappa shape index (κ1) is 14.3. The molecule has 1 atom stereocenters. The lowest BCUT2D eigenvalue weighted by atomic mass is 9.97. The van der Waals surface area contributed by atoms with Gasteiger partial charge in [0.15, 0.2) is 0 Å². The first-order valence-electron chi connectivity index (χ1n) is 7.43. The summed E-state index contributed by atoms with van der Waals surface area (Å²) < 4.78 is 0. The number of carbonyl (C=O) groups is 1. The molecule has 0 spiro atoms. The van der Waals surface area contributed by atoms with Crippen molar-refractivity contribution in [2.45, 2.75) is 25.8 Å². The molecule has 1 aliphatic heterocycles. The minimum Gasteiger partial charge on any atom is -0.508 e. The first-order chi connectivity index (χ1) is 10.7. The minimum atomic E-state index is -0.246. The second-order valence-corrected chi connectivity index (χ2v) is 5.28. The molecule has 0 unspecified atom stereocenters. The highest BCUT2D eigenvalue weighted by Crippen LogP contribution is 2.37. The van der Waals surface area contributed by atoms with Crippen LogP contribution < -0.4 is 0 Å². The lowest BCUT2D eigenvalue weighted by molar-refractivity contribution is -0.132. The van der Waals surface area contributed by atoms with E-state index < -0.39 is 0 Å². The summed E-state index contributed by atoms with van der Waals surface area (Å²) in [6.45, 7) is 1.82. The predicted molar refractivity (Wildman–Crippen MR) is 85.6 cm³/mol. The van der Waals surface area contributed by atoms with Gasteiger partial charge in [-0.2, -0.15) is 5.10 Å². The Hall–Kier alpha value is -2.62. The van der Waals surface area contributed by atoms with Crippen LogP contribution in [0.1, 0.15) is 36.9 Å². The van der Waals surface area contributed by atoms with Gasteiger partial charge in [-0.3, -0.25) is 4.79 Å². The topological polar surface area (TPSA) is 52.9 Å². The normalized spacial score (nSPS) is 17.4. The van der Waals surface area contributed by atoms with E-state index in [9.17, 15) is 9.90 Å². The lowest BCUT2D eigenvalue weighted by Gasteiger charge is -2.22. The summed E-state index contributed by atoms with van der Waals surface area (Å²) in [7, 11) is 0. The number of nitrogens with zero attached hydrogens (tertiary/aromatic N) is 2. The Balaban J connectivity index is 1.98. The second kappa shape index (κ2) is 6.02. The van der Waals surface area contributed by atoms with E-state index in [2.05, 4.69) is 5.10 Å². The van der Waals surface area contributed by atoms with Gasteiger partial charge in [-0.05, 0) is 11.6 Å². The van der Waals surface area contributed by atoms with Crippen LogP contribution in [0.4, 0.5) is 0 Å². The van der Waals surface area contributed by atoms with Crippen molar-refractivity contribution in [1.29, 1.82) is 0 Å². The average molecular weight is 294 g/mol. The van der Waals surface area contributed by atoms with Crippen molar-refractivity contribution < 1.29 is 9.90 Å². The van der Waals surface area contributed by atoms with Crippen LogP contribution in [0.15, 0.2) is 59.7 Å². The van der Waals surface area contributed by atoms with E-state index >= 15 is 0 Å². The summed E-state index contributed by atoms with van der Waals surface area (Å²) >= 11 is 0. The standard InChI is InChI=1S/C18H18N2O2/c1-2-18(22)20-16(14-10-6-7-11-17(14)21)12-15(19-20)13-8-4-3-5-9-13/h3-11,16,21H,2,12H2,1H3/t16-/m0/s1. The van der Waals surface area contributed by atoms with Gasteiger partial charge >= 0.3 is 0 Å². The zero-order valence-corrected chi connectivity index (χ0v) is 12.4. The van der Waals surface area contributed by atoms with Gasteiger partial charge in [-0.25, -0.2) is 5.01 Å². The summed E-state index contributed by atoms with van der Waals surface area (Å²) in [6.07, 6.45) is 0.989. The van der Waals surface area contributed by atoms with Gasteiger partial charge in [0.2, 0.25) is 5.91 Å². The summed E-state index contributed by atoms with van der Waals surface area (Å²) in [4.78, 5) is 12.2. The molecule has 0 aromatic heterocycles. The maximum Gasteiger partial charge on any atom is 0.242 e. The van der Waals surface area contributed by atoms with Gasteiger partial charge in [0.25, 0.3) is 0 Å². The molecule has 0 aliphatic carbocycles. The van der Waals surface area contributed by atoms with Crippen LogP contribution in [-0.4, -0.2) is 21.7 Å². The van der Waals surface area contributed by atoms with Gasteiger partial charge in [-0.1, -0.05) is 55.5 Å². The molecule has 22 heavy (non-hydrogen) atoms. The molecule has 3 rings (SSSR count). The van der Waals surface area contributed by atoms with E-state index in [1.54, 1.807) is 12.1 Å². The fourth-order valence-electron chi connectivity index (χ4n) is 2.72. The van der Waals surface area contributed by atoms with Gasteiger partial charge in [0, 0.05) is 18.4 Å². The number of rotatable bonds is 3. The van der Waals surface area contributed by atoms with E-state index in [4.69, 9.17) is 0 Å². The number of aromatic hydroxyl groups is 1. The molecule has 1 heterocycles. The maximum atomic E-state index is 12.2. The van der Waals surface area contributed by atoms with Gasteiger partial charge in [-0.15, -0.1) is 0 Å². The van der Waals surface area contributed by atoms with Crippen molar-refractivity contribution in [1.82, 2.24) is 5.01 Å². The monoisotopic (exact) mass is 294 g/mol. The van der Waals surface area contributed by atoms with Crippen LogP contribution in [0, 0.1) is 0 Å². The molecular weight excluding hydrogens is 276 g/mol. The van der Waals surface area contributed by atoms with Crippen molar-refractivity contribution in [2.75, 3.05) is 0 Å². The van der Waals surface area contributed by atoms with E-state index in [-0.39, 0.29) is 17.7 Å². The van der Waals surface area contributed by atoms with Crippen molar-refractivity contribution in [3.63, 3.8) is 0 Å². The molecule has 0 saturated carbocycles. The molecule has 2 aromatic carbocycles. The number of hydrazone groups is 1. The van der Waals surface area contributed by atoms with E-state index in [0.717, 1.165) is 16.8 Å². The van der Waals surface area contributed by atoms with Gasteiger partial charge < -0.3 is 5.11 Å². The Morgan fingerprint density at radius 2 is 1.86 bits per heavy atom. The molecule has 0 fully saturated rings. The van der Waals surface area contributed by atoms with Crippen LogP contribution >= 0.6 is 0 Å².